The van der Waals surface area contributed by atoms with E-state index < -0.39 is 5.91 Å². The van der Waals surface area contributed by atoms with Crippen LogP contribution in [0.15, 0.2) is 24.3 Å². The zero-order valence-corrected chi connectivity index (χ0v) is 11.2. The molecule has 102 valence electrons. The Kier molecular flexibility index (Phi) is 3.74. The number of carbonyl (C=O) groups is 2. The molecule has 0 spiro atoms. The minimum absolute atomic E-state index is 0.0380. The number of anilines is 1. The van der Waals surface area contributed by atoms with Crippen LogP contribution < -0.4 is 11.1 Å². The Morgan fingerprint density at radius 2 is 2.11 bits per heavy atom. The van der Waals surface area contributed by atoms with Gasteiger partial charge in [0.25, 0.3) is 0 Å². The summed E-state index contributed by atoms with van der Waals surface area (Å²) in [5.41, 5.74) is 7.33. The largest absolute Gasteiger partial charge is 0.382 e. The minimum Gasteiger partial charge on any atom is -0.382 e. The summed E-state index contributed by atoms with van der Waals surface area (Å²) in [4.78, 5) is 24.6. The number of benzene rings is 1. The third kappa shape index (κ3) is 2.86. The van der Waals surface area contributed by atoms with Gasteiger partial charge in [0.05, 0.1) is 12.5 Å². The number of fused-ring (bicyclic) bond motifs is 1. The van der Waals surface area contributed by atoms with Gasteiger partial charge in [-0.1, -0.05) is 18.2 Å². The molecule has 0 aliphatic carbocycles. The van der Waals surface area contributed by atoms with Gasteiger partial charge in [0, 0.05) is 18.8 Å². The number of amides is 2. The van der Waals surface area contributed by atoms with Gasteiger partial charge in [-0.2, -0.15) is 0 Å². The number of nitrogens with one attached hydrogen (secondary N) is 1. The van der Waals surface area contributed by atoms with Gasteiger partial charge in [0.2, 0.25) is 11.8 Å². The van der Waals surface area contributed by atoms with E-state index in [4.69, 9.17) is 5.73 Å². The highest BCUT2D eigenvalue weighted by Gasteiger charge is 2.32. The summed E-state index contributed by atoms with van der Waals surface area (Å²) in [6.45, 7) is 1.94. The van der Waals surface area contributed by atoms with E-state index >= 15 is 0 Å². The lowest BCUT2D eigenvalue weighted by molar-refractivity contribution is -0.137. The topological polar surface area (TPSA) is 75.4 Å². The van der Waals surface area contributed by atoms with Gasteiger partial charge < -0.3 is 16.0 Å². The molecule has 0 bridgehead atoms. The molecule has 19 heavy (non-hydrogen) atoms. The normalized spacial score (nSPS) is 21.2. The Balaban J connectivity index is 2.14. The molecule has 0 aromatic heterocycles. The molecule has 0 saturated heterocycles. The van der Waals surface area contributed by atoms with Gasteiger partial charge in [-0.15, -0.1) is 0 Å². The first-order chi connectivity index (χ1) is 8.99. The first-order valence-corrected chi connectivity index (χ1v) is 6.36. The molecule has 0 saturated carbocycles. The number of nitrogens with zero attached hydrogens (tertiary/aromatic N) is 1. The minimum atomic E-state index is -0.493. The van der Waals surface area contributed by atoms with E-state index in [-0.39, 0.29) is 24.4 Å². The number of likely N-dealkylation sites (N-methyl/N-ethyl adjacent to an activating group) is 1. The number of carbonyl (C=O) groups excluding carboxylic acids is 2. The van der Waals surface area contributed by atoms with Crippen molar-refractivity contribution < 1.29 is 9.59 Å². The van der Waals surface area contributed by atoms with Crippen molar-refractivity contribution in [1.82, 2.24) is 4.90 Å². The molecule has 1 aromatic carbocycles. The number of hydrogen-bond donors (Lipinski definition) is 2. The van der Waals surface area contributed by atoms with Gasteiger partial charge in [-0.25, -0.2) is 0 Å². The summed E-state index contributed by atoms with van der Waals surface area (Å²) in [6.07, 6.45) is 0.687. The molecule has 0 fully saturated rings. The van der Waals surface area contributed by atoms with E-state index in [2.05, 4.69) is 5.32 Å². The fourth-order valence-corrected chi connectivity index (χ4v) is 2.49. The van der Waals surface area contributed by atoms with E-state index in [1.165, 1.54) is 4.90 Å². The van der Waals surface area contributed by atoms with Crippen LogP contribution in [0.4, 0.5) is 5.69 Å². The van der Waals surface area contributed by atoms with Crippen molar-refractivity contribution >= 4 is 17.5 Å². The van der Waals surface area contributed by atoms with Crippen LogP contribution in [-0.4, -0.2) is 36.3 Å². The number of para-hydroxylation sites is 1. The standard InChI is InChI=1S/C14H19N3O2/c1-9-11(14(19)17(2)8-13(15)18)7-10-5-3-4-6-12(10)16-9/h3-6,9,11,16H,7-8H2,1-2H3,(H2,15,18). The highest BCUT2D eigenvalue weighted by molar-refractivity contribution is 5.86. The molecule has 2 rings (SSSR count). The van der Waals surface area contributed by atoms with E-state index in [9.17, 15) is 9.59 Å². The van der Waals surface area contributed by atoms with E-state index in [1.807, 2.05) is 31.2 Å². The first kappa shape index (κ1) is 13.4. The second-order valence-corrected chi connectivity index (χ2v) is 5.06. The summed E-state index contributed by atoms with van der Waals surface area (Å²) in [5, 5.41) is 3.34. The van der Waals surface area contributed by atoms with Crippen molar-refractivity contribution in [2.24, 2.45) is 11.7 Å². The molecule has 2 amide bonds. The molecule has 2 unspecified atom stereocenters. The van der Waals surface area contributed by atoms with Crippen LogP contribution in [0.1, 0.15) is 12.5 Å². The summed E-state index contributed by atoms with van der Waals surface area (Å²) >= 11 is 0. The maximum absolute atomic E-state index is 12.3. The van der Waals surface area contributed by atoms with Crippen LogP contribution >= 0.6 is 0 Å². The zero-order valence-electron chi connectivity index (χ0n) is 11.2. The quantitative estimate of drug-likeness (QED) is 0.836. The Labute approximate surface area is 112 Å². The van der Waals surface area contributed by atoms with Crippen LogP contribution in [0.2, 0.25) is 0 Å². The van der Waals surface area contributed by atoms with Gasteiger partial charge in [-0.3, -0.25) is 9.59 Å². The third-order valence-corrected chi connectivity index (χ3v) is 3.53. The maximum atomic E-state index is 12.3. The predicted molar refractivity (Wildman–Crippen MR) is 73.6 cm³/mol. The Hall–Kier alpha value is -2.04. The summed E-state index contributed by atoms with van der Waals surface area (Å²) in [7, 11) is 1.61. The molecular formula is C14H19N3O2. The lowest BCUT2D eigenvalue weighted by Gasteiger charge is -2.33. The van der Waals surface area contributed by atoms with Crippen molar-refractivity contribution in [2.45, 2.75) is 19.4 Å². The fourth-order valence-electron chi connectivity index (χ4n) is 2.49. The number of rotatable bonds is 3. The Morgan fingerprint density at radius 3 is 2.79 bits per heavy atom. The number of hydrogen-bond acceptors (Lipinski definition) is 3. The van der Waals surface area contributed by atoms with Crippen LogP contribution in [0.3, 0.4) is 0 Å². The lowest BCUT2D eigenvalue weighted by Crippen LogP contribution is -2.46. The molecule has 2 atom stereocenters. The zero-order chi connectivity index (χ0) is 14.0. The SMILES string of the molecule is CC1Nc2ccccc2CC1C(=O)N(C)CC(N)=O. The van der Waals surface area contributed by atoms with Crippen LogP contribution in [0, 0.1) is 5.92 Å². The predicted octanol–water partition coefficient (Wildman–Crippen LogP) is 0.603. The monoisotopic (exact) mass is 261 g/mol. The molecule has 1 heterocycles. The highest BCUT2D eigenvalue weighted by Crippen LogP contribution is 2.29. The highest BCUT2D eigenvalue weighted by atomic mass is 16.2. The second-order valence-electron chi connectivity index (χ2n) is 5.06. The molecule has 0 radical (unpaired) electrons. The molecule has 1 aromatic rings. The van der Waals surface area contributed by atoms with Gasteiger partial charge >= 0.3 is 0 Å². The van der Waals surface area contributed by atoms with Crippen molar-refractivity contribution in [2.75, 3.05) is 18.9 Å². The third-order valence-electron chi connectivity index (χ3n) is 3.53. The van der Waals surface area contributed by atoms with Crippen molar-refractivity contribution in [3.8, 4) is 0 Å². The number of nitrogens with two attached hydrogens (primary N) is 1. The van der Waals surface area contributed by atoms with Gasteiger partial charge in [0.1, 0.15) is 0 Å². The van der Waals surface area contributed by atoms with Crippen molar-refractivity contribution in [3.05, 3.63) is 29.8 Å². The molecule has 5 nitrogen and oxygen atoms in total. The smallest absolute Gasteiger partial charge is 0.237 e. The van der Waals surface area contributed by atoms with Gasteiger partial charge in [-0.05, 0) is 25.0 Å². The molecule has 5 heteroatoms. The van der Waals surface area contributed by atoms with Crippen molar-refractivity contribution in [3.63, 3.8) is 0 Å². The molecule has 3 N–H and O–H groups in total. The summed E-state index contributed by atoms with van der Waals surface area (Å²) in [6, 6.07) is 8.01. The summed E-state index contributed by atoms with van der Waals surface area (Å²) < 4.78 is 0. The van der Waals surface area contributed by atoms with Crippen LogP contribution in [0.5, 0.6) is 0 Å². The fraction of sp³-hybridized carbons (Fsp3) is 0.429. The van der Waals surface area contributed by atoms with Crippen LogP contribution in [-0.2, 0) is 16.0 Å². The van der Waals surface area contributed by atoms with E-state index in [0.29, 0.717) is 6.42 Å². The molecular weight excluding hydrogens is 242 g/mol. The maximum Gasteiger partial charge on any atom is 0.237 e. The number of primary amides is 1. The van der Waals surface area contributed by atoms with Gasteiger partial charge in [0.15, 0.2) is 0 Å². The van der Waals surface area contributed by atoms with E-state index in [1.54, 1.807) is 7.05 Å². The molecule has 1 aliphatic rings. The average Bonchev–Trinajstić information content (AvgIpc) is 2.36. The lowest BCUT2D eigenvalue weighted by atomic mass is 9.87. The van der Waals surface area contributed by atoms with E-state index in [0.717, 1.165) is 11.3 Å². The molecule has 1 aliphatic heterocycles. The Bertz CT molecular complexity index is 501. The Morgan fingerprint density at radius 1 is 1.42 bits per heavy atom. The average molecular weight is 261 g/mol. The summed E-state index contributed by atoms with van der Waals surface area (Å²) in [5.74, 6) is -0.708. The van der Waals surface area contributed by atoms with Crippen LogP contribution in [0.25, 0.3) is 0 Å². The first-order valence-electron chi connectivity index (χ1n) is 6.36. The van der Waals surface area contributed by atoms with Crippen molar-refractivity contribution in [1.29, 1.82) is 0 Å². The second kappa shape index (κ2) is 5.30.